The van der Waals surface area contributed by atoms with Gasteiger partial charge in [0.15, 0.2) is 0 Å². The van der Waals surface area contributed by atoms with E-state index in [1.54, 1.807) is 0 Å². The van der Waals surface area contributed by atoms with Gasteiger partial charge in [0.05, 0.1) is 0 Å². The zero-order valence-electron chi connectivity index (χ0n) is 9.50. The molecule has 0 saturated heterocycles. The zero-order chi connectivity index (χ0) is 12.3. The lowest BCUT2D eigenvalue weighted by atomic mass is 10.1. The van der Waals surface area contributed by atoms with Crippen molar-refractivity contribution in [2.24, 2.45) is 0 Å². The minimum absolute atomic E-state index is 0.0750. The van der Waals surface area contributed by atoms with Crippen molar-refractivity contribution < 1.29 is 8.78 Å². The third-order valence-electron chi connectivity index (χ3n) is 2.51. The highest BCUT2D eigenvalue weighted by atomic mass is 19.1. The molecule has 88 valence electrons. The van der Waals surface area contributed by atoms with Gasteiger partial charge in [-0.3, -0.25) is 0 Å². The van der Waals surface area contributed by atoms with Crippen LogP contribution < -0.4 is 5.32 Å². The number of rotatable bonds is 3. The largest absolute Gasteiger partial charge is 0.376 e. The van der Waals surface area contributed by atoms with Crippen LogP contribution in [0.15, 0.2) is 42.5 Å². The summed E-state index contributed by atoms with van der Waals surface area (Å²) in [7, 11) is 0. The molecule has 0 aliphatic carbocycles. The predicted octanol–water partition coefficient (Wildman–Crippen LogP) is 3.89. The number of aryl methyl sites for hydroxylation is 1. The molecular formula is C14H13F2N. The third-order valence-corrected chi connectivity index (χ3v) is 2.51. The molecule has 3 heteroatoms. The van der Waals surface area contributed by atoms with Crippen molar-refractivity contribution in [1.29, 1.82) is 0 Å². The van der Waals surface area contributed by atoms with Gasteiger partial charge in [-0.2, -0.15) is 0 Å². The summed E-state index contributed by atoms with van der Waals surface area (Å²) in [6.07, 6.45) is 0. The van der Waals surface area contributed by atoms with E-state index in [4.69, 9.17) is 0 Å². The summed E-state index contributed by atoms with van der Waals surface area (Å²) in [5, 5.41) is 2.77. The van der Waals surface area contributed by atoms with Gasteiger partial charge in [0, 0.05) is 6.54 Å². The summed E-state index contributed by atoms with van der Waals surface area (Å²) in [6.45, 7) is 2.38. The van der Waals surface area contributed by atoms with Gasteiger partial charge in [0.2, 0.25) is 0 Å². The Morgan fingerprint density at radius 3 is 2.29 bits per heavy atom. The van der Waals surface area contributed by atoms with E-state index in [-0.39, 0.29) is 5.69 Å². The molecular weight excluding hydrogens is 220 g/mol. The summed E-state index contributed by atoms with van der Waals surface area (Å²) < 4.78 is 26.7. The van der Waals surface area contributed by atoms with E-state index in [1.165, 1.54) is 18.2 Å². The standard InChI is InChI=1S/C14H13F2N/c1-10-4-2-5-11(8-10)9-17-14-12(15)6-3-7-13(14)16/h2-8,17H,9H2,1H3. The van der Waals surface area contributed by atoms with Gasteiger partial charge in [-0.1, -0.05) is 35.9 Å². The Labute approximate surface area is 99.1 Å². The number of anilines is 1. The minimum Gasteiger partial charge on any atom is -0.376 e. The molecule has 17 heavy (non-hydrogen) atoms. The van der Waals surface area contributed by atoms with Crippen LogP contribution in [0.2, 0.25) is 0 Å². The summed E-state index contributed by atoms with van der Waals surface area (Å²) in [5.41, 5.74) is 2.04. The second kappa shape index (κ2) is 4.95. The number of nitrogens with one attached hydrogen (secondary N) is 1. The van der Waals surface area contributed by atoms with Gasteiger partial charge in [-0.25, -0.2) is 8.78 Å². The second-order valence-electron chi connectivity index (χ2n) is 3.94. The van der Waals surface area contributed by atoms with Gasteiger partial charge in [0.1, 0.15) is 17.3 Å². The first-order chi connectivity index (χ1) is 8.16. The molecule has 0 atom stereocenters. The van der Waals surface area contributed by atoms with E-state index in [1.807, 2.05) is 31.2 Å². The first kappa shape index (κ1) is 11.6. The minimum atomic E-state index is -0.572. The highest BCUT2D eigenvalue weighted by Gasteiger charge is 2.07. The van der Waals surface area contributed by atoms with E-state index in [0.29, 0.717) is 6.54 Å². The number of hydrogen-bond donors (Lipinski definition) is 1. The molecule has 0 saturated carbocycles. The van der Waals surface area contributed by atoms with Crippen molar-refractivity contribution >= 4 is 5.69 Å². The van der Waals surface area contributed by atoms with Crippen LogP contribution in [0, 0.1) is 18.6 Å². The molecule has 2 aromatic carbocycles. The maximum Gasteiger partial charge on any atom is 0.149 e. The van der Waals surface area contributed by atoms with Gasteiger partial charge in [-0.15, -0.1) is 0 Å². The predicted molar refractivity (Wildman–Crippen MR) is 64.9 cm³/mol. The van der Waals surface area contributed by atoms with Crippen LogP contribution in [0.3, 0.4) is 0 Å². The lowest BCUT2D eigenvalue weighted by Gasteiger charge is -2.09. The van der Waals surface area contributed by atoms with Gasteiger partial charge in [-0.05, 0) is 24.6 Å². The maximum atomic E-state index is 13.3. The molecule has 0 aliphatic heterocycles. The fraction of sp³-hybridized carbons (Fsp3) is 0.143. The topological polar surface area (TPSA) is 12.0 Å². The molecule has 0 radical (unpaired) electrons. The van der Waals surface area contributed by atoms with Crippen LogP contribution in [-0.4, -0.2) is 0 Å². The van der Waals surface area contributed by atoms with Gasteiger partial charge < -0.3 is 5.32 Å². The fourth-order valence-corrected chi connectivity index (χ4v) is 1.68. The number of benzene rings is 2. The Morgan fingerprint density at radius 2 is 1.65 bits per heavy atom. The van der Waals surface area contributed by atoms with E-state index in [2.05, 4.69) is 5.32 Å². The first-order valence-electron chi connectivity index (χ1n) is 5.40. The molecule has 0 spiro atoms. The Balaban J connectivity index is 2.13. The SMILES string of the molecule is Cc1cccc(CNc2c(F)cccc2F)c1. The Morgan fingerprint density at radius 1 is 1.00 bits per heavy atom. The van der Waals surface area contributed by atoms with E-state index < -0.39 is 11.6 Å². The van der Waals surface area contributed by atoms with Crippen LogP contribution in [0.1, 0.15) is 11.1 Å². The van der Waals surface area contributed by atoms with Gasteiger partial charge >= 0.3 is 0 Å². The van der Waals surface area contributed by atoms with Crippen molar-refractivity contribution in [2.45, 2.75) is 13.5 Å². The van der Waals surface area contributed by atoms with Crippen LogP contribution in [0.4, 0.5) is 14.5 Å². The van der Waals surface area contributed by atoms with Crippen LogP contribution in [0.25, 0.3) is 0 Å². The highest BCUT2D eigenvalue weighted by molar-refractivity contribution is 5.46. The second-order valence-corrected chi connectivity index (χ2v) is 3.94. The number of hydrogen-bond acceptors (Lipinski definition) is 1. The number of para-hydroxylation sites is 1. The molecule has 2 rings (SSSR count). The third kappa shape index (κ3) is 2.81. The molecule has 2 aromatic rings. The van der Waals surface area contributed by atoms with Crippen molar-refractivity contribution in [3.05, 3.63) is 65.2 Å². The molecule has 0 amide bonds. The van der Waals surface area contributed by atoms with Crippen molar-refractivity contribution in [3.63, 3.8) is 0 Å². The summed E-state index contributed by atoms with van der Waals surface area (Å²) in [4.78, 5) is 0. The van der Waals surface area contributed by atoms with Gasteiger partial charge in [0.25, 0.3) is 0 Å². The lowest BCUT2D eigenvalue weighted by molar-refractivity contribution is 0.588. The molecule has 1 nitrogen and oxygen atoms in total. The van der Waals surface area contributed by atoms with Crippen LogP contribution >= 0.6 is 0 Å². The van der Waals surface area contributed by atoms with E-state index >= 15 is 0 Å². The molecule has 0 fully saturated rings. The summed E-state index contributed by atoms with van der Waals surface area (Å²) in [6, 6.07) is 11.6. The monoisotopic (exact) mass is 233 g/mol. The Kier molecular flexibility index (Phi) is 3.38. The molecule has 1 N–H and O–H groups in total. The molecule has 0 bridgehead atoms. The first-order valence-corrected chi connectivity index (χ1v) is 5.40. The smallest absolute Gasteiger partial charge is 0.149 e. The van der Waals surface area contributed by atoms with Crippen molar-refractivity contribution in [2.75, 3.05) is 5.32 Å². The fourth-order valence-electron chi connectivity index (χ4n) is 1.68. The van der Waals surface area contributed by atoms with E-state index in [0.717, 1.165) is 11.1 Å². The average Bonchev–Trinajstić information content (AvgIpc) is 2.28. The molecule has 0 unspecified atom stereocenters. The highest BCUT2D eigenvalue weighted by Crippen LogP contribution is 2.19. The summed E-state index contributed by atoms with van der Waals surface area (Å²) >= 11 is 0. The Hall–Kier alpha value is -1.90. The lowest BCUT2D eigenvalue weighted by Crippen LogP contribution is -2.03. The Bertz CT molecular complexity index is 503. The zero-order valence-corrected chi connectivity index (χ0v) is 9.50. The van der Waals surface area contributed by atoms with Crippen molar-refractivity contribution in [3.8, 4) is 0 Å². The van der Waals surface area contributed by atoms with Crippen molar-refractivity contribution in [1.82, 2.24) is 0 Å². The van der Waals surface area contributed by atoms with Crippen LogP contribution in [0.5, 0.6) is 0 Å². The van der Waals surface area contributed by atoms with Crippen LogP contribution in [-0.2, 0) is 6.54 Å². The normalized spacial score (nSPS) is 10.3. The molecule has 0 aromatic heterocycles. The average molecular weight is 233 g/mol. The molecule has 0 aliphatic rings. The molecule has 0 heterocycles. The number of halogens is 2. The quantitative estimate of drug-likeness (QED) is 0.848. The summed E-state index contributed by atoms with van der Waals surface area (Å²) in [5.74, 6) is -1.14. The maximum absolute atomic E-state index is 13.3. The van der Waals surface area contributed by atoms with E-state index in [9.17, 15) is 8.78 Å².